The molecule has 0 unspecified atom stereocenters. The molecule has 7 aromatic rings. The van der Waals surface area contributed by atoms with Gasteiger partial charge < -0.3 is 14.8 Å². The van der Waals surface area contributed by atoms with E-state index in [9.17, 15) is 9.90 Å². The van der Waals surface area contributed by atoms with Gasteiger partial charge in [0.2, 0.25) is 5.89 Å². The van der Waals surface area contributed by atoms with E-state index in [1.165, 1.54) is 0 Å². The molecule has 2 heterocycles. The zero-order valence-electron chi connectivity index (χ0n) is 23.8. The molecular formula is C35H22Cl2IN5O3. The molecule has 0 atom stereocenters. The summed E-state index contributed by atoms with van der Waals surface area (Å²) in [5, 5.41) is 23.3. The molecule has 226 valence electrons. The Balaban J connectivity index is 1.29. The maximum absolute atomic E-state index is 14.1. The van der Waals surface area contributed by atoms with Crippen molar-refractivity contribution in [3.8, 4) is 34.3 Å². The fourth-order valence-corrected chi connectivity index (χ4v) is 6.15. The Kier molecular flexibility index (Phi) is 8.20. The van der Waals surface area contributed by atoms with Crippen LogP contribution in [0, 0.1) is 3.57 Å². The molecule has 0 aliphatic carbocycles. The van der Waals surface area contributed by atoms with Gasteiger partial charge in [0.05, 0.1) is 37.9 Å². The minimum Gasteiger partial charge on any atom is -0.507 e. The Morgan fingerprint density at radius 2 is 1.54 bits per heavy atom. The van der Waals surface area contributed by atoms with Crippen LogP contribution in [0.5, 0.6) is 5.75 Å². The number of benzene rings is 5. The number of nitrogens with one attached hydrogen (secondary N) is 1. The lowest BCUT2D eigenvalue weighted by molar-refractivity contribution is 0.473. The summed E-state index contributed by atoms with van der Waals surface area (Å²) in [4.78, 5) is 19.1. The van der Waals surface area contributed by atoms with E-state index in [2.05, 4.69) is 38.1 Å². The molecule has 0 radical (unpaired) electrons. The number of hydrogen-bond donors (Lipinski definition) is 2. The van der Waals surface area contributed by atoms with Gasteiger partial charge in [-0.05, 0) is 101 Å². The number of fused-ring (bicyclic) bond motifs is 1. The van der Waals surface area contributed by atoms with E-state index < -0.39 is 0 Å². The van der Waals surface area contributed by atoms with Crippen molar-refractivity contribution < 1.29 is 9.52 Å². The van der Waals surface area contributed by atoms with Crippen LogP contribution in [0.2, 0.25) is 10.0 Å². The Hall–Kier alpha value is -4.71. The summed E-state index contributed by atoms with van der Waals surface area (Å²) in [6, 6.07) is 32.7. The van der Waals surface area contributed by atoms with Gasteiger partial charge in [-0.25, -0.2) is 4.98 Å². The predicted molar refractivity (Wildman–Crippen MR) is 189 cm³/mol. The summed E-state index contributed by atoms with van der Waals surface area (Å²) < 4.78 is 8.43. The molecule has 0 aliphatic rings. The third-order valence-electron chi connectivity index (χ3n) is 7.42. The van der Waals surface area contributed by atoms with Crippen molar-refractivity contribution in [2.75, 3.05) is 5.32 Å². The second-order valence-electron chi connectivity index (χ2n) is 10.4. The number of phenols is 1. The Morgan fingerprint density at radius 1 is 0.826 bits per heavy atom. The number of para-hydroxylation sites is 3. The molecule has 7 rings (SSSR count). The van der Waals surface area contributed by atoms with Crippen molar-refractivity contribution in [2.24, 2.45) is 0 Å². The molecule has 0 aliphatic heterocycles. The normalized spacial score (nSPS) is 11.2. The summed E-state index contributed by atoms with van der Waals surface area (Å²) in [6.07, 6.45) is 0.331. The summed E-state index contributed by atoms with van der Waals surface area (Å²) in [7, 11) is 0. The molecule has 0 amide bonds. The first-order valence-corrected chi connectivity index (χ1v) is 15.9. The summed E-state index contributed by atoms with van der Waals surface area (Å²) >= 11 is 15.1. The standard InChI is InChI=1S/C35H22Cl2IN5O3/c36-26-8-5-9-27(37)32(26)40-28-10-3-1-6-21(28)18-31-39-29-17-14-22(38)19-25(29)35(45)43(31)23-15-12-20(13-16-23)33-41-42-34(46-33)24-7-2-4-11-30(24)44/h1-17,19,40,44H,18H2. The number of anilines is 2. The first kappa shape index (κ1) is 30.0. The third-order valence-corrected chi connectivity index (χ3v) is 8.72. The highest BCUT2D eigenvalue weighted by molar-refractivity contribution is 14.1. The number of halogens is 3. The lowest BCUT2D eigenvalue weighted by Crippen LogP contribution is -2.24. The average Bonchev–Trinajstić information content (AvgIpc) is 3.55. The van der Waals surface area contributed by atoms with Gasteiger partial charge in [-0.15, -0.1) is 10.2 Å². The van der Waals surface area contributed by atoms with Crippen molar-refractivity contribution in [1.82, 2.24) is 19.7 Å². The van der Waals surface area contributed by atoms with E-state index in [0.717, 1.165) is 14.8 Å². The molecule has 0 saturated carbocycles. The van der Waals surface area contributed by atoms with Crippen molar-refractivity contribution >= 4 is 68.1 Å². The Bertz CT molecular complexity index is 2280. The minimum absolute atomic E-state index is 0.0464. The first-order chi connectivity index (χ1) is 22.4. The number of phenolic OH excluding ortho intramolecular Hbond substituents is 1. The topological polar surface area (TPSA) is 106 Å². The maximum Gasteiger partial charge on any atom is 0.266 e. The second-order valence-corrected chi connectivity index (χ2v) is 12.4. The third kappa shape index (κ3) is 5.84. The minimum atomic E-state index is -0.189. The fourth-order valence-electron chi connectivity index (χ4n) is 5.16. The lowest BCUT2D eigenvalue weighted by atomic mass is 10.1. The Morgan fingerprint density at radius 3 is 2.33 bits per heavy atom. The quantitative estimate of drug-likeness (QED) is 0.156. The van der Waals surface area contributed by atoms with Crippen LogP contribution < -0.4 is 10.9 Å². The molecule has 0 fully saturated rings. The molecule has 2 N–H and O–H groups in total. The summed E-state index contributed by atoms with van der Waals surface area (Å²) in [5.41, 5.74) is 4.41. The molecular weight excluding hydrogens is 736 g/mol. The summed E-state index contributed by atoms with van der Waals surface area (Å²) in [5.74, 6) is 1.08. The highest BCUT2D eigenvalue weighted by Gasteiger charge is 2.18. The van der Waals surface area contributed by atoms with Gasteiger partial charge >= 0.3 is 0 Å². The van der Waals surface area contributed by atoms with Crippen LogP contribution in [-0.2, 0) is 6.42 Å². The van der Waals surface area contributed by atoms with Crippen LogP contribution >= 0.6 is 45.8 Å². The highest BCUT2D eigenvalue weighted by Crippen LogP contribution is 2.34. The van der Waals surface area contributed by atoms with Gasteiger partial charge in [0.1, 0.15) is 11.6 Å². The zero-order valence-corrected chi connectivity index (χ0v) is 27.5. The van der Waals surface area contributed by atoms with Crippen molar-refractivity contribution in [2.45, 2.75) is 6.42 Å². The van der Waals surface area contributed by atoms with Crippen LogP contribution in [0.25, 0.3) is 39.5 Å². The van der Waals surface area contributed by atoms with Crippen molar-refractivity contribution in [3.05, 3.63) is 145 Å². The highest BCUT2D eigenvalue weighted by atomic mass is 127. The smallest absolute Gasteiger partial charge is 0.266 e. The van der Waals surface area contributed by atoms with Gasteiger partial charge in [0, 0.05) is 21.2 Å². The number of aromatic hydroxyl groups is 1. The SMILES string of the molecule is O=c1c2cc(I)ccc2nc(Cc2ccccc2Nc2c(Cl)cccc2Cl)n1-c1ccc(-c2nnc(-c3ccccc3O)o2)cc1. The van der Waals surface area contributed by atoms with Gasteiger partial charge in [-0.3, -0.25) is 9.36 Å². The second kappa shape index (κ2) is 12.6. The largest absolute Gasteiger partial charge is 0.507 e. The van der Waals surface area contributed by atoms with Gasteiger partial charge in [-0.1, -0.05) is 59.6 Å². The lowest BCUT2D eigenvalue weighted by Gasteiger charge is -2.17. The van der Waals surface area contributed by atoms with E-state index in [1.807, 2.05) is 66.7 Å². The summed E-state index contributed by atoms with van der Waals surface area (Å²) in [6.45, 7) is 0. The van der Waals surface area contributed by atoms with Crippen LogP contribution in [-0.4, -0.2) is 24.9 Å². The van der Waals surface area contributed by atoms with Crippen molar-refractivity contribution in [3.63, 3.8) is 0 Å². The van der Waals surface area contributed by atoms with Crippen LogP contribution in [0.1, 0.15) is 11.4 Å². The first-order valence-electron chi connectivity index (χ1n) is 14.1. The number of hydrogen-bond acceptors (Lipinski definition) is 7. The monoisotopic (exact) mass is 757 g/mol. The van der Waals surface area contributed by atoms with E-state index >= 15 is 0 Å². The van der Waals surface area contributed by atoms with Crippen molar-refractivity contribution in [1.29, 1.82) is 0 Å². The van der Waals surface area contributed by atoms with E-state index in [0.29, 0.717) is 55.7 Å². The molecule has 46 heavy (non-hydrogen) atoms. The van der Waals surface area contributed by atoms with E-state index in [4.69, 9.17) is 32.6 Å². The van der Waals surface area contributed by atoms with Crippen LogP contribution in [0.15, 0.2) is 118 Å². The van der Waals surface area contributed by atoms with E-state index in [1.54, 1.807) is 47.0 Å². The predicted octanol–water partition coefficient (Wildman–Crippen LogP) is 9.05. The average molecular weight is 758 g/mol. The fraction of sp³-hybridized carbons (Fsp3) is 0.0286. The number of rotatable bonds is 7. The van der Waals surface area contributed by atoms with Gasteiger partial charge in [-0.2, -0.15) is 0 Å². The van der Waals surface area contributed by atoms with E-state index in [-0.39, 0.29) is 23.1 Å². The van der Waals surface area contributed by atoms with Crippen LogP contribution in [0.4, 0.5) is 11.4 Å². The van der Waals surface area contributed by atoms with Gasteiger partial charge in [0.15, 0.2) is 0 Å². The molecule has 0 bridgehead atoms. The van der Waals surface area contributed by atoms with Gasteiger partial charge in [0.25, 0.3) is 11.4 Å². The number of nitrogens with zero attached hydrogens (tertiary/aromatic N) is 4. The molecule has 0 saturated heterocycles. The Labute approximate surface area is 286 Å². The van der Waals surface area contributed by atoms with Crippen LogP contribution in [0.3, 0.4) is 0 Å². The molecule has 2 aromatic heterocycles. The molecule has 5 aromatic carbocycles. The molecule has 0 spiro atoms. The zero-order chi connectivity index (χ0) is 31.8. The molecule has 8 nitrogen and oxygen atoms in total. The number of aromatic nitrogens is 4. The molecule has 11 heteroatoms. The maximum atomic E-state index is 14.1.